The van der Waals surface area contributed by atoms with Gasteiger partial charge in [0.1, 0.15) is 17.9 Å². The van der Waals surface area contributed by atoms with Crippen molar-refractivity contribution in [3.05, 3.63) is 60.7 Å². The minimum atomic E-state index is -0.101. The number of aryl methyl sites for hydroxylation is 1. The molecule has 0 spiro atoms. The third-order valence-corrected chi connectivity index (χ3v) is 3.46. The molecule has 24 heavy (non-hydrogen) atoms. The van der Waals surface area contributed by atoms with Crippen molar-refractivity contribution in [2.75, 3.05) is 12.4 Å². The number of carbonyl (C=O) groups is 1. The van der Waals surface area contributed by atoms with Crippen LogP contribution >= 0.6 is 0 Å². The third-order valence-electron chi connectivity index (χ3n) is 3.46. The van der Waals surface area contributed by atoms with E-state index in [4.69, 9.17) is 4.74 Å². The highest BCUT2D eigenvalue weighted by atomic mass is 16.5. The lowest BCUT2D eigenvalue weighted by Crippen LogP contribution is -2.14. The Morgan fingerprint density at radius 3 is 2.79 bits per heavy atom. The number of benzene rings is 1. The summed E-state index contributed by atoms with van der Waals surface area (Å²) in [5.41, 5.74) is 1.07. The summed E-state index contributed by atoms with van der Waals surface area (Å²) in [7, 11) is 1.63. The van der Waals surface area contributed by atoms with E-state index >= 15 is 0 Å². The predicted octanol–water partition coefficient (Wildman–Crippen LogP) is 2.24. The van der Waals surface area contributed by atoms with Gasteiger partial charge in [0.2, 0.25) is 5.91 Å². The molecule has 0 saturated heterocycles. The van der Waals surface area contributed by atoms with Gasteiger partial charge in [-0.25, -0.2) is 14.6 Å². The molecule has 3 aromatic rings. The second kappa shape index (κ2) is 7.36. The fraction of sp³-hybridized carbons (Fsp3) is 0.176. The van der Waals surface area contributed by atoms with Crippen LogP contribution < -0.4 is 10.1 Å². The van der Waals surface area contributed by atoms with Crippen LogP contribution in [0, 0.1) is 0 Å². The zero-order valence-electron chi connectivity index (χ0n) is 13.2. The molecular weight excluding hydrogens is 306 g/mol. The van der Waals surface area contributed by atoms with Gasteiger partial charge in [0.15, 0.2) is 5.82 Å². The predicted molar refractivity (Wildman–Crippen MR) is 89.1 cm³/mol. The number of carbonyl (C=O) groups excluding carboxylic acids is 1. The highest BCUT2D eigenvalue weighted by Gasteiger charge is 2.06. The molecule has 1 N–H and O–H groups in total. The summed E-state index contributed by atoms with van der Waals surface area (Å²) in [5.74, 6) is 1.75. The van der Waals surface area contributed by atoms with Crippen LogP contribution in [-0.4, -0.2) is 32.8 Å². The van der Waals surface area contributed by atoms with Crippen LogP contribution in [0.5, 0.6) is 5.75 Å². The summed E-state index contributed by atoms with van der Waals surface area (Å²) >= 11 is 0. The van der Waals surface area contributed by atoms with Crippen LogP contribution in [0.3, 0.4) is 0 Å². The van der Waals surface area contributed by atoms with E-state index in [1.807, 2.05) is 24.3 Å². The second-order valence-electron chi connectivity index (χ2n) is 5.11. The highest BCUT2D eigenvalue weighted by Crippen LogP contribution is 2.13. The Morgan fingerprint density at radius 2 is 2.08 bits per heavy atom. The largest absolute Gasteiger partial charge is 0.497 e. The smallest absolute Gasteiger partial charge is 0.225 e. The lowest BCUT2D eigenvalue weighted by atomic mass is 10.1. The second-order valence-corrected chi connectivity index (χ2v) is 5.11. The maximum absolute atomic E-state index is 12.1. The van der Waals surface area contributed by atoms with Crippen molar-refractivity contribution in [1.29, 1.82) is 0 Å². The van der Waals surface area contributed by atoms with Gasteiger partial charge in [0, 0.05) is 24.9 Å². The Hall–Kier alpha value is -3.22. The summed E-state index contributed by atoms with van der Waals surface area (Å²) in [6, 6.07) is 11.1. The summed E-state index contributed by atoms with van der Waals surface area (Å²) in [6.45, 7) is 0. The first kappa shape index (κ1) is 15.7. The summed E-state index contributed by atoms with van der Waals surface area (Å²) in [5, 5.41) is 6.88. The van der Waals surface area contributed by atoms with E-state index in [0.29, 0.717) is 24.5 Å². The fourth-order valence-corrected chi connectivity index (χ4v) is 2.20. The molecule has 0 aliphatic carbocycles. The molecular formula is C17H17N5O2. The monoisotopic (exact) mass is 323 g/mol. The molecule has 1 aromatic carbocycles. The van der Waals surface area contributed by atoms with E-state index in [1.165, 1.54) is 6.33 Å². The number of aromatic nitrogens is 4. The van der Waals surface area contributed by atoms with E-state index in [0.717, 1.165) is 11.3 Å². The molecule has 3 rings (SSSR count). The lowest BCUT2D eigenvalue weighted by molar-refractivity contribution is -0.116. The molecule has 122 valence electrons. The Labute approximate surface area is 139 Å². The van der Waals surface area contributed by atoms with E-state index < -0.39 is 0 Å². The van der Waals surface area contributed by atoms with Crippen molar-refractivity contribution in [3.8, 4) is 11.6 Å². The number of rotatable bonds is 6. The molecule has 0 aliphatic rings. The van der Waals surface area contributed by atoms with Gasteiger partial charge in [0.25, 0.3) is 0 Å². The van der Waals surface area contributed by atoms with E-state index in [2.05, 4.69) is 20.4 Å². The molecule has 0 unspecified atom stereocenters. The first-order valence-corrected chi connectivity index (χ1v) is 7.49. The van der Waals surface area contributed by atoms with E-state index in [-0.39, 0.29) is 5.91 Å². The van der Waals surface area contributed by atoms with Crippen molar-refractivity contribution in [2.24, 2.45) is 0 Å². The molecule has 7 heteroatoms. The molecule has 0 saturated carbocycles. The van der Waals surface area contributed by atoms with Gasteiger partial charge in [0.05, 0.1) is 7.11 Å². The first-order chi connectivity index (χ1) is 11.7. The minimum Gasteiger partial charge on any atom is -0.497 e. The average molecular weight is 323 g/mol. The number of hydrogen-bond acceptors (Lipinski definition) is 5. The molecule has 2 heterocycles. The van der Waals surface area contributed by atoms with Crippen molar-refractivity contribution in [3.63, 3.8) is 0 Å². The summed E-state index contributed by atoms with van der Waals surface area (Å²) in [6.07, 6.45) is 5.85. The number of amides is 1. The lowest BCUT2D eigenvalue weighted by Gasteiger charge is -2.06. The average Bonchev–Trinajstić information content (AvgIpc) is 3.15. The summed E-state index contributed by atoms with van der Waals surface area (Å²) < 4.78 is 6.72. The zero-order valence-corrected chi connectivity index (χ0v) is 13.2. The fourth-order valence-electron chi connectivity index (χ4n) is 2.20. The molecule has 1 amide bonds. The van der Waals surface area contributed by atoms with E-state index in [1.54, 1.807) is 36.3 Å². The van der Waals surface area contributed by atoms with Gasteiger partial charge in [-0.15, -0.1) is 0 Å². The number of ether oxygens (including phenoxy) is 1. The normalized spacial score (nSPS) is 10.4. The standard InChI is InChI=1S/C17H17N5O2/c1-24-14-6-3-13(4-7-14)5-8-17(23)21-15-11-16(19-12-18-15)22-10-2-9-20-22/h2-4,6-7,9-12H,5,8H2,1H3,(H,18,19,21,23). The van der Waals surface area contributed by atoms with Gasteiger partial charge >= 0.3 is 0 Å². The van der Waals surface area contributed by atoms with Gasteiger partial charge in [-0.2, -0.15) is 5.10 Å². The number of nitrogens with one attached hydrogen (secondary N) is 1. The number of hydrogen-bond donors (Lipinski definition) is 1. The molecule has 0 aliphatic heterocycles. The van der Waals surface area contributed by atoms with Crippen LogP contribution in [0.4, 0.5) is 5.82 Å². The SMILES string of the molecule is COc1ccc(CCC(=O)Nc2cc(-n3cccn3)ncn2)cc1. The highest BCUT2D eigenvalue weighted by molar-refractivity contribution is 5.90. The molecule has 2 aromatic heterocycles. The molecule has 0 radical (unpaired) electrons. The van der Waals surface area contributed by atoms with Gasteiger partial charge in [-0.3, -0.25) is 4.79 Å². The van der Waals surface area contributed by atoms with Crippen LogP contribution in [-0.2, 0) is 11.2 Å². The van der Waals surface area contributed by atoms with Crippen LogP contribution in [0.2, 0.25) is 0 Å². The van der Waals surface area contributed by atoms with Gasteiger partial charge < -0.3 is 10.1 Å². The van der Waals surface area contributed by atoms with Crippen molar-refractivity contribution in [2.45, 2.75) is 12.8 Å². The Morgan fingerprint density at radius 1 is 1.25 bits per heavy atom. The molecule has 7 nitrogen and oxygen atoms in total. The number of nitrogens with zero attached hydrogens (tertiary/aromatic N) is 4. The Balaban J connectivity index is 1.57. The maximum atomic E-state index is 12.1. The van der Waals surface area contributed by atoms with Gasteiger partial charge in [-0.1, -0.05) is 12.1 Å². The van der Waals surface area contributed by atoms with Crippen LogP contribution in [0.15, 0.2) is 55.1 Å². The Kier molecular flexibility index (Phi) is 4.81. The molecule has 0 fully saturated rings. The van der Waals surface area contributed by atoms with Gasteiger partial charge in [-0.05, 0) is 30.2 Å². The maximum Gasteiger partial charge on any atom is 0.225 e. The van der Waals surface area contributed by atoms with Crippen molar-refractivity contribution in [1.82, 2.24) is 19.7 Å². The number of anilines is 1. The first-order valence-electron chi connectivity index (χ1n) is 7.49. The topological polar surface area (TPSA) is 81.9 Å². The Bertz CT molecular complexity index is 800. The third kappa shape index (κ3) is 3.95. The summed E-state index contributed by atoms with van der Waals surface area (Å²) in [4.78, 5) is 20.3. The van der Waals surface area contributed by atoms with E-state index in [9.17, 15) is 4.79 Å². The van der Waals surface area contributed by atoms with Crippen molar-refractivity contribution >= 4 is 11.7 Å². The van der Waals surface area contributed by atoms with Crippen molar-refractivity contribution < 1.29 is 9.53 Å². The van der Waals surface area contributed by atoms with Crippen LogP contribution in [0.1, 0.15) is 12.0 Å². The zero-order chi connectivity index (χ0) is 16.8. The molecule has 0 bridgehead atoms. The number of methoxy groups -OCH3 is 1. The minimum absolute atomic E-state index is 0.101. The van der Waals surface area contributed by atoms with Crippen LogP contribution in [0.25, 0.3) is 5.82 Å². The quantitative estimate of drug-likeness (QED) is 0.752. The molecule has 0 atom stereocenters.